The van der Waals surface area contributed by atoms with Crippen LogP contribution in [-0.4, -0.2) is 48.3 Å². The zero-order chi connectivity index (χ0) is 19.0. The summed E-state index contributed by atoms with van der Waals surface area (Å²) in [5, 5.41) is 11.3. The molecule has 2 rings (SSSR count). The Labute approximate surface area is 156 Å². The van der Waals surface area contributed by atoms with Crippen molar-refractivity contribution in [2.75, 3.05) is 32.8 Å². The fraction of sp³-hybridized carbons (Fsp3) is 0.409. The van der Waals surface area contributed by atoms with Crippen LogP contribution in [0.4, 0.5) is 0 Å². The zero-order valence-corrected chi connectivity index (χ0v) is 16.0. The molecule has 0 aliphatic heterocycles. The summed E-state index contributed by atoms with van der Waals surface area (Å²) in [6, 6.07) is 17.9. The number of carbonyl (C=O) groups excluding carboxylic acids is 1. The highest BCUT2D eigenvalue weighted by molar-refractivity contribution is 5.85. The molecule has 140 valence electrons. The average molecular weight is 356 g/mol. The summed E-state index contributed by atoms with van der Waals surface area (Å²) in [5.41, 5.74) is -0.778. The molecule has 0 unspecified atom stereocenters. The van der Waals surface area contributed by atoms with Gasteiger partial charge in [-0.3, -0.25) is 0 Å². The predicted octanol–water partition coefficient (Wildman–Crippen LogP) is 3.34. The number of esters is 1. The third kappa shape index (κ3) is 4.14. The standard InChI is InChI=1S/C22H30NO3/c1-4-23(5-2,6-3)17-18-26-21(24)22(25,19-13-9-7-10-14-19)20-15-11-8-12-16-20/h7-16,25H,4-6,17-18H2,1-3H3/q+1. The van der Waals surface area contributed by atoms with Crippen LogP contribution in [0.3, 0.4) is 0 Å². The summed E-state index contributed by atoms with van der Waals surface area (Å²) in [7, 11) is 0. The van der Waals surface area contributed by atoms with E-state index in [2.05, 4.69) is 20.8 Å². The molecule has 0 aliphatic carbocycles. The molecule has 4 nitrogen and oxygen atoms in total. The fourth-order valence-electron chi connectivity index (χ4n) is 3.34. The van der Waals surface area contributed by atoms with Gasteiger partial charge in [-0.2, -0.15) is 0 Å². The molecule has 2 aromatic rings. The van der Waals surface area contributed by atoms with E-state index < -0.39 is 11.6 Å². The number of aliphatic hydroxyl groups is 1. The van der Waals surface area contributed by atoms with E-state index in [1.807, 2.05) is 36.4 Å². The van der Waals surface area contributed by atoms with Crippen molar-refractivity contribution in [1.29, 1.82) is 0 Å². The number of benzene rings is 2. The Balaban J connectivity index is 2.23. The highest BCUT2D eigenvalue weighted by atomic mass is 16.5. The number of hydrogen-bond acceptors (Lipinski definition) is 3. The highest BCUT2D eigenvalue weighted by Gasteiger charge is 2.41. The van der Waals surface area contributed by atoms with Crippen LogP contribution in [0, 0.1) is 0 Å². The van der Waals surface area contributed by atoms with Crippen LogP contribution in [0.5, 0.6) is 0 Å². The first kappa shape index (κ1) is 20.1. The van der Waals surface area contributed by atoms with Crippen LogP contribution >= 0.6 is 0 Å². The molecule has 1 N–H and O–H groups in total. The molecule has 2 aromatic carbocycles. The average Bonchev–Trinajstić information content (AvgIpc) is 2.72. The first-order chi connectivity index (χ1) is 12.5. The van der Waals surface area contributed by atoms with E-state index in [-0.39, 0.29) is 6.61 Å². The number of rotatable bonds is 9. The lowest BCUT2D eigenvalue weighted by Gasteiger charge is -2.36. The molecular weight excluding hydrogens is 326 g/mol. The van der Waals surface area contributed by atoms with Crippen LogP contribution in [0.25, 0.3) is 0 Å². The van der Waals surface area contributed by atoms with Crippen LogP contribution in [-0.2, 0) is 15.1 Å². The highest BCUT2D eigenvalue weighted by Crippen LogP contribution is 2.31. The van der Waals surface area contributed by atoms with Gasteiger partial charge in [-0.05, 0) is 31.9 Å². The monoisotopic (exact) mass is 356 g/mol. The molecule has 0 saturated carbocycles. The maximum Gasteiger partial charge on any atom is 0.347 e. The van der Waals surface area contributed by atoms with Gasteiger partial charge in [-0.25, -0.2) is 4.79 Å². The van der Waals surface area contributed by atoms with Crippen molar-refractivity contribution in [2.24, 2.45) is 0 Å². The normalized spacial score (nSPS) is 12.0. The molecule has 0 aromatic heterocycles. The summed E-state index contributed by atoms with van der Waals surface area (Å²) in [5.74, 6) is -0.628. The van der Waals surface area contributed by atoms with Gasteiger partial charge in [-0.1, -0.05) is 60.7 Å². The number of quaternary nitrogens is 1. The second-order valence-electron chi connectivity index (χ2n) is 6.59. The SMILES string of the molecule is CC[N+](CC)(CC)CCOC(=O)C(O)(c1ccccc1)c1ccccc1. The lowest BCUT2D eigenvalue weighted by atomic mass is 9.86. The summed E-state index contributed by atoms with van der Waals surface area (Å²) < 4.78 is 6.46. The topological polar surface area (TPSA) is 46.5 Å². The van der Waals surface area contributed by atoms with Gasteiger partial charge in [0.25, 0.3) is 0 Å². The summed E-state index contributed by atoms with van der Waals surface area (Å²) >= 11 is 0. The van der Waals surface area contributed by atoms with Crippen molar-refractivity contribution in [3.63, 3.8) is 0 Å². The number of hydrogen-bond donors (Lipinski definition) is 1. The Kier molecular flexibility index (Phi) is 6.95. The second-order valence-corrected chi connectivity index (χ2v) is 6.59. The number of ether oxygens (including phenoxy) is 1. The first-order valence-electron chi connectivity index (χ1n) is 9.38. The van der Waals surface area contributed by atoms with Crippen LogP contribution in [0.1, 0.15) is 31.9 Å². The van der Waals surface area contributed by atoms with Gasteiger partial charge in [0, 0.05) is 0 Å². The maximum atomic E-state index is 12.9. The predicted molar refractivity (Wildman–Crippen MR) is 104 cm³/mol. The number of likely N-dealkylation sites (N-methyl/N-ethyl adjacent to an activating group) is 1. The van der Waals surface area contributed by atoms with E-state index in [4.69, 9.17) is 4.74 Å². The van der Waals surface area contributed by atoms with Gasteiger partial charge in [0.2, 0.25) is 5.60 Å². The van der Waals surface area contributed by atoms with E-state index in [1.165, 1.54) is 0 Å². The van der Waals surface area contributed by atoms with Gasteiger partial charge in [0.05, 0.1) is 19.6 Å². The van der Waals surface area contributed by atoms with Gasteiger partial charge in [0.15, 0.2) is 0 Å². The van der Waals surface area contributed by atoms with Crippen LogP contribution in [0.15, 0.2) is 60.7 Å². The molecule has 4 heteroatoms. The minimum Gasteiger partial charge on any atom is -0.457 e. The molecule has 26 heavy (non-hydrogen) atoms. The third-order valence-corrected chi connectivity index (χ3v) is 5.49. The number of carbonyl (C=O) groups is 1. The quantitative estimate of drug-likeness (QED) is 0.554. The molecule has 0 atom stereocenters. The largest absolute Gasteiger partial charge is 0.457 e. The van der Waals surface area contributed by atoms with Crippen molar-refractivity contribution >= 4 is 5.97 Å². The molecule has 0 amide bonds. The summed E-state index contributed by atoms with van der Waals surface area (Å²) in [6.07, 6.45) is 0. The molecule has 0 saturated heterocycles. The van der Waals surface area contributed by atoms with Crippen molar-refractivity contribution in [2.45, 2.75) is 26.4 Å². The second kappa shape index (κ2) is 8.97. The zero-order valence-electron chi connectivity index (χ0n) is 16.0. The minimum absolute atomic E-state index is 0.288. The Hall–Kier alpha value is -2.17. The molecule has 0 spiro atoms. The third-order valence-electron chi connectivity index (χ3n) is 5.49. The lowest BCUT2D eigenvalue weighted by molar-refractivity contribution is -0.923. The molecule has 0 bridgehead atoms. The molecule has 0 heterocycles. The van der Waals surface area contributed by atoms with Gasteiger partial charge in [-0.15, -0.1) is 0 Å². The van der Waals surface area contributed by atoms with Gasteiger partial charge in [0.1, 0.15) is 13.2 Å². The Morgan fingerprint density at radius 1 is 0.885 bits per heavy atom. The van der Waals surface area contributed by atoms with Crippen molar-refractivity contribution in [3.05, 3.63) is 71.8 Å². The molecule has 0 radical (unpaired) electrons. The van der Waals surface area contributed by atoms with Crippen molar-refractivity contribution in [1.82, 2.24) is 0 Å². The molecule has 0 aliphatic rings. The summed E-state index contributed by atoms with van der Waals surface area (Å²) in [6.45, 7) is 10.5. The smallest absolute Gasteiger partial charge is 0.347 e. The van der Waals surface area contributed by atoms with E-state index in [0.29, 0.717) is 11.1 Å². The minimum atomic E-state index is -1.80. The Bertz CT molecular complexity index is 633. The van der Waals surface area contributed by atoms with Gasteiger partial charge < -0.3 is 14.3 Å². The first-order valence-corrected chi connectivity index (χ1v) is 9.38. The molecular formula is C22H30NO3+. The van der Waals surface area contributed by atoms with E-state index in [0.717, 1.165) is 30.7 Å². The van der Waals surface area contributed by atoms with E-state index in [9.17, 15) is 9.90 Å². The van der Waals surface area contributed by atoms with Crippen LogP contribution in [0.2, 0.25) is 0 Å². The Morgan fingerprint density at radius 3 is 1.69 bits per heavy atom. The van der Waals surface area contributed by atoms with Crippen molar-refractivity contribution in [3.8, 4) is 0 Å². The van der Waals surface area contributed by atoms with E-state index >= 15 is 0 Å². The molecule has 0 fully saturated rings. The Morgan fingerprint density at radius 2 is 1.31 bits per heavy atom. The lowest BCUT2D eigenvalue weighted by Crippen LogP contribution is -2.50. The maximum absolute atomic E-state index is 12.9. The fourth-order valence-corrected chi connectivity index (χ4v) is 3.34. The summed E-state index contributed by atoms with van der Waals surface area (Å²) in [4.78, 5) is 12.9. The van der Waals surface area contributed by atoms with Crippen LogP contribution < -0.4 is 0 Å². The van der Waals surface area contributed by atoms with E-state index in [1.54, 1.807) is 24.3 Å². The van der Waals surface area contributed by atoms with Crippen molar-refractivity contribution < 1.29 is 19.1 Å². The van der Waals surface area contributed by atoms with Gasteiger partial charge >= 0.3 is 5.97 Å². The number of nitrogens with zero attached hydrogens (tertiary/aromatic N) is 1.